The Bertz CT molecular complexity index is 570. The van der Waals surface area contributed by atoms with E-state index in [4.69, 9.17) is 15.9 Å². The first kappa shape index (κ1) is 14.2. The van der Waals surface area contributed by atoms with Crippen molar-refractivity contribution in [1.82, 2.24) is 0 Å². The number of halogens is 1. The highest BCUT2D eigenvalue weighted by Crippen LogP contribution is 2.49. The topological polar surface area (TPSA) is 102 Å². The number of amidine groups is 1. The Morgan fingerprint density at radius 1 is 1.60 bits per heavy atom. The molecule has 108 valence electrons. The van der Waals surface area contributed by atoms with E-state index >= 15 is 0 Å². The molecule has 1 fully saturated rings. The zero-order valence-corrected chi connectivity index (χ0v) is 11.1. The molecule has 0 heterocycles. The predicted molar refractivity (Wildman–Crippen MR) is 71.5 cm³/mol. The van der Waals surface area contributed by atoms with Gasteiger partial charge < -0.3 is 10.5 Å². The van der Waals surface area contributed by atoms with Crippen molar-refractivity contribution in [2.45, 2.75) is 26.2 Å². The van der Waals surface area contributed by atoms with Crippen LogP contribution in [0.1, 0.15) is 24.8 Å². The number of benzene rings is 1. The van der Waals surface area contributed by atoms with Gasteiger partial charge in [-0.2, -0.15) is 0 Å². The van der Waals surface area contributed by atoms with E-state index in [-0.39, 0.29) is 29.3 Å². The van der Waals surface area contributed by atoms with E-state index in [9.17, 15) is 14.5 Å². The van der Waals surface area contributed by atoms with E-state index in [2.05, 4.69) is 0 Å². The Balaban J connectivity index is 2.09. The maximum absolute atomic E-state index is 13.8. The van der Waals surface area contributed by atoms with Gasteiger partial charge in [0.2, 0.25) is 0 Å². The van der Waals surface area contributed by atoms with Crippen LogP contribution in [0.5, 0.6) is 5.75 Å². The van der Waals surface area contributed by atoms with Crippen molar-refractivity contribution < 1.29 is 14.1 Å². The number of nitrogens with one attached hydrogen (secondary N) is 1. The molecule has 2 rings (SSSR count). The van der Waals surface area contributed by atoms with E-state index in [1.54, 1.807) is 0 Å². The third-order valence-corrected chi connectivity index (χ3v) is 3.50. The molecule has 0 spiro atoms. The van der Waals surface area contributed by atoms with Crippen molar-refractivity contribution >= 4 is 11.5 Å². The van der Waals surface area contributed by atoms with Crippen molar-refractivity contribution in [1.29, 1.82) is 5.41 Å². The number of aryl methyl sites for hydroxylation is 1. The number of ether oxygens (including phenoxy) is 1. The Morgan fingerprint density at radius 3 is 2.75 bits per heavy atom. The molecule has 0 atom stereocenters. The summed E-state index contributed by atoms with van der Waals surface area (Å²) < 4.78 is 19.2. The van der Waals surface area contributed by atoms with Crippen LogP contribution >= 0.6 is 0 Å². The molecule has 0 aromatic heterocycles. The summed E-state index contributed by atoms with van der Waals surface area (Å²) in [6, 6.07) is 2.20. The molecule has 0 unspecified atom stereocenters. The van der Waals surface area contributed by atoms with Gasteiger partial charge in [0.05, 0.1) is 23.4 Å². The van der Waals surface area contributed by atoms with E-state index in [0.717, 1.165) is 18.9 Å². The third kappa shape index (κ3) is 3.04. The maximum atomic E-state index is 13.8. The fraction of sp³-hybridized carbons (Fsp3) is 0.462. The number of hydrogen-bond donors (Lipinski definition) is 2. The highest BCUT2D eigenvalue weighted by Gasteiger charge is 2.44. The highest BCUT2D eigenvalue weighted by molar-refractivity contribution is 5.78. The molecule has 0 aliphatic heterocycles. The van der Waals surface area contributed by atoms with Crippen LogP contribution in [0.2, 0.25) is 0 Å². The van der Waals surface area contributed by atoms with Crippen molar-refractivity contribution in [3.63, 3.8) is 0 Å². The Morgan fingerprint density at radius 2 is 2.25 bits per heavy atom. The first-order valence-electron chi connectivity index (χ1n) is 6.23. The van der Waals surface area contributed by atoms with Gasteiger partial charge in [-0.3, -0.25) is 15.5 Å². The minimum Gasteiger partial charge on any atom is -0.490 e. The molecular weight excluding hydrogens is 265 g/mol. The lowest BCUT2D eigenvalue weighted by Gasteiger charge is -2.16. The van der Waals surface area contributed by atoms with Gasteiger partial charge in [0.25, 0.3) is 5.69 Å². The average Bonchev–Trinajstić information content (AvgIpc) is 3.08. The summed E-state index contributed by atoms with van der Waals surface area (Å²) in [7, 11) is 0. The van der Waals surface area contributed by atoms with Gasteiger partial charge in [0.1, 0.15) is 0 Å². The van der Waals surface area contributed by atoms with Crippen molar-refractivity contribution in [3.8, 4) is 5.75 Å². The number of nitro groups is 1. The summed E-state index contributed by atoms with van der Waals surface area (Å²) in [6.07, 6.45) is 2.21. The first-order valence-corrected chi connectivity index (χ1v) is 6.23. The molecule has 0 bridgehead atoms. The lowest BCUT2D eigenvalue weighted by Crippen LogP contribution is -2.22. The molecule has 6 nitrogen and oxygen atoms in total. The summed E-state index contributed by atoms with van der Waals surface area (Å²) in [5, 5.41) is 18.0. The molecule has 0 saturated heterocycles. The molecule has 0 amide bonds. The Labute approximate surface area is 115 Å². The lowest BCUT2D eigenvalue weighted by molar-refractivity contribution is -0.385. The van der Waals surface area contributed by atoms with Crippen LogP contribution in [0.4, 0.5) is 10.1 Å². The van der Waals surface area contributed by atoms with E-state index in [0.29, 0.717) is 12.0 Å². The summed E-state index contributed by atoms with van der Waals surface area (Å²) in [6.45, 7) is 1.80. The second-order valence-corrected chi connectivity index (χ2v) is 5.32. The summed E-state index contributed by atoms with van der Waals surface area (Å²) in [5.74, 6) is -0.657. The van der Waals surface area contributed by atoms with Crippen LogP contribution in [-0.2, 0) is 0 Å². The van der Waals surface area contributed by atoms with Crippen molar-refractivity contribution in [2.75, 3.05) is 6.61 Å². The quantitative estimate of drug-likeness (QED) is 0.362. The standard InChI is InChI=1S/C13H16FN3O3/c1-8-4-11(9(14)5-10(8)17(18)19)20-7-13(2-3-13)6-12(15)16/h4-5H,2-3,6-7H2,1H3,(H3,15,16). The number of hydrogen-bond acceptors (Lipinski definition) is 4. The molecule has 1 aromatic rings. The van der Waals surface area contributed by atoms with E-state index in [1.165, 1.54) is 13.0 Å². The molecule has 1 aliphatic carbocycles. The molecule has 0 radical (unpaired) electrons. The monoisotopic (exact) mass is 281 g/mol. The van der Waals surface area contributed by atoms with Crippen LogP contribution in [0, 0.1) is 33.7 Å². The number of nitro benzene ring substituents is 1. The van der Waals surface area contributed by atoms with Crippen molar-refractivity contribution in [3.05, 3.63) is 33.6 Å². The fourth-order valence-electron chi connectivity index (χ4n) is 2.14. The van der Waals surface area contributed by atoms with Crippen LogP contribution in [0.25, 0.3) is 0 Å². The minimum absolute atomic E-state index is 0.00271. The lowest BCUT2D eigenvalue weighted by atomic mass is 10.0. The number of nitrogens with zero attached hydrogens (tertiary/aromatic N) is 1. The predicted octanol–water partition coefficient (Wildman–Crippen LogP) is 2.53. The van der Waals surface area contributed by atoms with Gasteiger partial charge in [-0.1, -0.05) is 0 Å². The Kier molecular flexibility index (Phi) is 3.61. The third-order valence-electron chi connectivity index (χ3n) is 3.50. The smallest absolute Gasteiger partial charge is 0.275 e. The molecular formula is C13H16FN3O3. The van der Waals surface area contributed by atoms with Gasteiger partial charge in [-0.15, -0.1) is 0 Å². The van der Waals surface area contributed by atoms with E-state index in [1.807, 2.05) is 0 Å². The number of rotatable bonds is 6. The van der Waals surface area contributed by atoms with Crippen LogP contribution in [-0.4, -0.2) is 17.4 Å². The first-order chi connectivity index (χ1) is 9.33. The van der Waals surface area contributed by atoms with Gasteiger partial charge in [-0.25, -0.2) is 4.39 Å². The maximum Gasteiger partial charge on any atom is 0.275 e. The van der Waals surface area contributed by atoms with E-state index < -0.39 is 10.7 Å². The fourth-order valence-corrected chi connectivity index (χ4v) is 2.14. The van der Waals surface area contributed by atoms with Crippen LogP contribution in [0.3, 0.4) is 0 Å². The molecule has 3 N–H and O–H groups in total. The SMILES string of the molecule is Cc1cc(OCC2(CC(=N)N)CC2)c(F)cc1[N+](=O)[O-]. The van der Waals surface area contributed by atoms with Gasteiger partial charge in [-0.05, 0) is 25.8 Å². The zero-order valence-electron chi connectivity index (χ0n) is 11.1. The highest BCUT2D eigenvalue weighted by atomic mass is 19.1. The molecule has 1 aliphatic rings. The van der Waals surface area contributed by atoms with Crippen LogP contribution in [0.15, 0.2) is 12.1 Å². The van der Waals surface area contributed by atoms with Crippen molar-refractivity contribution in [2.24, 2.45) is 11.1 Å². The summed E-state index contributed by atoms with van der Waals surface area (Å²) in [4.78, 5) is 10.1. The average molecular weight is 281 g/mol. The molecule has 7 heteroatoms. The number of nitrogens with two attached hydrogens (primary N) is 1. The largest absolute Gasteiger partial charge is 0.490 e. The molecule has 1 saturated carbocycles. The summed E-state index contributed by atoms with van der Waals surface area (Å²) in [5.41, 5.74) is 5.29. The van der Waals surface area contributed by atoms with Crippen LogP contribution < -0.4 is 10.5 Å². The second kappa shape index (κ2) is 5.07. The zero-order chi connectivity index (χ0) is 14.9. The second-order valence-electron chi connectivity index (χ2n) is 5.32. The van der Waals surface area contributed by atoms with Gasteiger partial charge >= 0.3 is 0 Å². The summed E-state index contributed by atoms with van der Waals surface area (Å²) >= 11 is 0. The normalized spacial score (nSPS) is 15.7. The van der Waals surface area contributed by atoms with Gasteiger partial charge in [0, 0.05) is 17.4 Å². The minimum atomic E-state index is -0.749. The molecule has 1 aromatic carbocycles. The molecule has 20 heavy (non-hydrogen) atoms. The Hall–Kier alpha value is -2.18. The van der Waals surface area contributed by atoms with Gasteiger partial charge in [0.15, 0.2) is 11.6 Å².